The lowest BCUT2D eigenvalue weighted by Gasteiger charge is -2.36. The average Bonchev–Trinajstić information content (AvgIpc) is 3.06. The SMILES string of the molecule is Cc1ccc(S(=O)(=O)Nc2ccc3c(c2)C(=O)N([C@@H](C)CO)C[C@@H](C)[C@@H](CN(C)C(=O)c2ccccc2)OCCCC[C@H](C)O3)cc1. The molecule has 0 saturated heterocycles. The van der Waals surface area contributed by atoms with Gasteiger partial charge in [0.1, 0.15) is 5.75 Å². The number of nitrogens with one attached hydrogen (secondary N) is 1. The maximum Gasteiger partial charge on any atom is 0.261 e. The molecule has 47 heavy (non-hydrogen) atoms. The van der Waals surface area contributed by atoms with Gasteiger partial charge in [-0.2, -0.15) is 0 Å². The smallest absolute Gasteiger partial charge is 0.261 e. The summed E-state index contributed by atoms with van der Waals surface area (Å²) in [5, 5.41) is 10.2. The first-order chi connectivity index (χ1) is 22.4. The van der Waals surface area contributed by atoms with Crippen molar-refractivity contribution >= 4 is 27.5 Å². The highest BCUT2D eigenvalue weighted by atomic mass is 32.2. The minimum Gasteiger partial charge on any atom is -0.490 e. The molecule has 0 aromatic heterocycles. The topological polar surface area (TPSA) is 125 Å². The van der Waals surface area contributed by atoms with Crippen LogP contribution in [-0.2, 0) is 14.8 Å². The molecule has 10 nitrogen and oxygen atoms in total. The highest BCUT2D eigenvalue weighted by Crippen LogP contribution is 2.29. The van der Waals surface area contributed by atoms with Gasteiger partial charge in [-0.15, -0.1) is 0 Å². The second-order valence-corrected chi connectivity index (χ2v) is 14.2. The van der Waals surface area contributed by atoms with Crippen molar-refractivity contribution in [3.63, 3.8) is 0 Å². The summed E-state index contributed by atoms with van der Waals surface area (Å²) in [6, 6.07) is 19.7. The zero-order chi connectivity index (χ0) is 34.1. The van der Waals surface area contributed by atoms with Crippen LogP contribution in [0.1, 0.15) is 66.3 Å². The van der Waals surface area contributed by atoms with Crippen LogP contribution in [0.2, 0.25) is 0 Å². The third-order valence-electron chi connectivity index (χ3n) is 8.46. The van der Waals surface area contributed by atoms with E-state index in [9.17, 15) is 23.1 Å². The Morgan fingerprint density at radius 2 is 1.77 bits per heavy atom. The van der Waals surface area contributed by atoms with Crippen LogP contribution in [0.3, 0.4) is 0 Å². The molecule has 1 heterocycles. The van der Waals surface area contributed by atoms with E-state index in [1.54, 1.807) is 60.2 Å². The summed E-state index contributed by atoms with van der Waals surface area (Å²) in [5.74, 6) is -0.436. The third-order valence-corrected chi connectivity index (χ3v) is 9.85. The number of nitrogens with zero attached hydrogens (tertiary/aromatic N) is 2. The van der Waals surface area contributed by atoms with Crippen LogP contribution in [0.4, 0.5) is 5.69 Å². The maximum atomic E-state index is 14.4. The number of hydrogen-bond donors (Lipinski definition) is 2. The molecule has 0 saturated carbocycles. The number of hydrogen-bond acceptors (Lipinski definition) is 7. The fourth-order valence-corrected chi connectivity index (χ4v) is 6.58. The van der Waals surface area contributed by atoms with E-state index in [-0.39, 0.29) is 47.2 Å². The second kappa shape index (κ2) is 16.3. The Bertz CT molecular complexity index is 1600. The molecule has 0 unspecified atom stereocenters. The monoisotopic (exact) mass is 665 g/mol. The third kappa shape index (κ3) is 9.56. The minimum absolute atomic E-state index is 0.102. The molecule has 0 aliphatic carbocycles. The highest BCUT2D eigenvalue weighted by molar-refractivity contribution is 7.92. The Morgan fingerprint density at radius 1 is 1.06 bits per heavy atom. The van der Waals surface area contributed by atoms with E-state index in [0.29, 0.717) is 30.9 Å². The summed E-state index contributed by atoms with van der Waals surface area (Å²) < 4.78 is 41.6. The van der Waals surface area contributed by atoms with E-state index >= 15 is 0 Å². The van der Waals surface area contributed by atoms with Gasteiger partial charge in [-0.05, 0) is 82.5 Å². The number of aryl methyl sites for hydroxylation is 1. The van der Waals surface area contributed by atoms with Gasteiger partial charge in [-0.3, -0.25) is 14.3 Å². The van der Waals surface area contributed by atoms with Gasteiger partial charge in [0, 0.05) is 43.9 Å². The van der Waals surface area contributed by atoms with E-state index in [2.05, 4.69) is 4.72 Å². The predicted molar refractivity (Wildman–Crippen MR) is 182 cm³/mol. The van der Waals surface area contributed by atoms with Crippen molar-refractivity contribution < 1.29 is 32.6 Å². The molecule has 4 atom stereocenters. The molecule has 0 spiro atoms. The zero-order valence-electron chi connectivity index (χ0n) is 27.9. The normalized spacial score (nSPS) is 20.3. The molecule has 1 aliphatic rings. The van der Waals surface area contributed by atoms with Crippen LogP contribution in [0.5, 0.6) is 5.75 Å². The van der Waals surface area contributed by atoms with Crippen LogP contribution in [0.25, 0.3) is 0 Å². The van der Waals surface area contributed by atoms with Crippen molar-refractivity contribution in [2.75, 3.05) is 38.1 Å². The number of fused-ring (bicyclic) bond motifs is 1. The van der Waals surface area contributed by atoms with Crippen molar-refractivity contribution in [1.82, 2.24) is 9.80 Å². The summed E-state index contributed by atoms with van der Waals surface area (Å²) >= 11 is 0. The number of benzene rings is 3. The second-order valence-electron chi connectivity index (χ2n) is 12.5. The number of amides is 2. The van der Waals surface area contributed by atoms with Crippen LogP contribution < -0.4 is 9.46 Å². The lowest BCUT2D eigenvalue weighted by molar-refractivity contribution is -0.0149. The Hall–Kier alpha value is -3.93. The van der Waals surface area contributed by atoms with Crippen molar-refractivity contribution in [2.45, 2.75) is 70.1 Å². The molecule has 0 radical (unpaired) electrons. The van der Waals surface area contributed by atoms with Gasteiger partial charge >= 0.3 is 0 Å². The molecule has 2 amide bonds. The quantitative estimate of drug-likeness (QED) is 0.332. The van der Waals surface area contributed by atoms with Gasteiger partial charge in [-0.25, -0.2) is 8.42 Å². The molecule has 254 valence electrons. The number of aliphatic hydroxyl groups excluding tert-OH is 1. The first-order valence-electron chi connectivity index (χ1n) is 16.1. The van der Waals surface area contributed by atoms with Crippen molar-refractivity contribution in [3.05, 3.63) is 89.5 Å². The number of aliphatic hydroxyl groups is 1. The summed E-state index contributed by atoms with van der Waals surface area (Å²) in [4.78, 5) is 30.8. The number of carbonyl (C=O) groups excluding carboxylic acids is 2. The molecule has 4 rings (SSSR count). The molecule has 2 N–H and O–H groups in total. The van der Waals surface area contributed by atoms with Gasteiger partial charge in [-0.1, -0.05) is 42.8 Å². The molecular formula is C36H47N3O7S. The Kier molecular flexibility index (Phi) is 12.4. The summed E-state index contributed by atoms with van der Waals surface area (Å²) in [5.41, 5.74) is 1.90. The zero-order valence-corrected chi connectivity index (χ0v) is 28.7. The largest absolute Gasteiger partial charge is 0.490 e. The van der Waals surface area contributed by atoms with Gasteiger partial charge in [0.25, 0.3) is 21.8 Å². The average molecular weight is 666 g/mol. The molecule has 11 heteroatoms. The molecule has 0 bridgehead atoms. The fraction of sp³-hybridized carbons (Fsp3) is 0.444. The number of ether oxygens (including phenoxy) is 2. The summed E-state index contributed by atoms with van der Waals surface area (Å²) in [7, 11) is -2.19. The lowest BCUT2D eigenvalue weighted by Crippen LogP contribution is -2.48. The number of anilines is 1. The minimum atomic E-state index is -3.93. The van der Waals surface area contributed by atoms with E-state index < -0.39 is 28.1 Å². The van der Waals surface area contributed by atoms with Gasteiger partial charge in [0.2, 0.25) is 0 Å². The summed E-state index contributed by atoms with van der Waals surface area (Å²) in [6.45, 7) is 8.25. The van der Waals surface area contributed by atoms with E-state index in [1.807, 2.05) is 39.0 Å². The van der Waals surface area contributed by atoms with Crippen LogP contribution in [0.15, 0.2) is 77.7 Å². The standard InChI is InChI=1S/C36H47N3O7S/c1-25-14-17-31(18-15-25)47(43,44)37-30-16-19-33-32(21-30)36(42)39(27(3)24-40)22-26(2)34(45-20-10-9-11-28(4)46-33)23-38(5)35(41)29-12-7-6-8-13-29/h6-8,12-19,21,26-28,34,37,40H,9-11,20,22-24H2,1-5H3/t26-,27+,28+,34-/m1/s1. The molecule has 1 aliphatic heterocycles. The van der Waals surface area contributed by atoms with E-state index in [0.717, 1.165) is 18.4 Å². The molecular weight excluding hydrogens is 618 g/mol. The fourth-order valence-electron chi connectivity index (χ4n) is 5.53. The first-order valence-corrected chi connectivity index (χ1v) is 17.6. The van der Waals surface area contributed by atoms with E-state index in [1.165, 1.54) is 18.2 Å². The van der Waals surface area contributed by atoms with Crippen LogP contribution >= 0.6 is 0 Å². The van der Waals surface area contributed by atoms with Crippen LogP contribution in [0, 0.1) is 12.8 Å². The van der Waals surface area contributed by atoms with Gasteiger partial charge in [0.05, 0.1) is 35.3 Å². The molecule has 0 fully saturated rings. The summed E-state index contributed by atoms with van der Waals surface area (Å²) in [6.07, 6.45) is 1.70. The number of carbonyl (C=O) groups is 2. The number of likely N-dealkylation sites (N-methyl/N-ethyl adjacent to an activating group) is 1. The van der Waals surface area contributed by atoms with Crippen molar-refractivity contribution in [2.24, 2.45) is 5.92 Å². The Morgan fingerprint density at radius 3 is 2.45 bits per heavy atom. The van der Waals surface area contributed by atoms with Crippen molar-refractivity contribution in [3.8, 4) is 5.75 Å². The Balaban J connectivity index is 1.66. The Labute approximate surface area is 278 Å². The lowest BCUT2D eigenvalue weighted by atomic mass is 10.0. The predicted octanol–water partition coefficient (Wildman–Crippen LogP) is 5.36. The first kappa shape index (κ1) is 35.9. The number of sulfonamides is 1. The maximum absolute atomic E-state index is 14.4. The number of rotatable bonds is 8. The molecule has 3 aromatic carbocycles. The molecule has 3 aromatic rings. The van der Waals surface area contributed by atoms with Gasteiger partial charge in [0.15, 0.2) is 0 Å². The van der Waals surface area contributed by atoms with Crippen molar-refractivity contribution in [1.29, 1.82) is 0 Å². The van der Waals surface area contributed by atoms with Crippen LogP contribution in [-0.4, -0.2) is 86.7 Å². The highest BCUT2D eigenvalue weighted by Gasteiger charge is 2.31. The van der Waals surface area contributed by atoms with E-state index in [4.69, 9.17) is 9.47 Å². The van der Waals surface area contributed by atoms with Gasteiger partial charge < -0.3 is 24.4 Å².